The molecule has 2 heteroatoms. The number of hydrogen-bond donors (Lipinski definition) is 1. The topological polar surface area (TPSA) is 26.0 Å². The molecule has 2 aliphatic rings. The molecule has 4 unspecified atom stereocenters. The molecule has 16 heavy (non-hydrogen) atoms. The molecule has 2 N–H and O–H groups in total. The lowest BCUT2D eigenvalue weighted by atomic mass is 9.81. The van der Waals surface area contributed by atoms with Gasteiger partial charge in [0.1, 0.15) is 5.82 Å². The lowest BCUT2D eigenvalue weighted by Crippen LogP contribution is -2.26. The van der Waals surface area contributed by atoms with Gasteiger partial charge in [-0.2, -0.15) is 0 Å². The van der Waals surface area contributed by atoms with E-state index in [9.17, 15) is 4.39 Å². The van der Waals surface area contributed by atoms with Crippen molar-refractivity contribution in [3.8, 4) is 0 Å². The van der Waals surface area contributed by atoms with Crippen molar-refractivity contribution in [1.82, 2.24) is 0 Å². The van der Waals surface area contributed by atoms with Crippen LogP contribution >= 0.6 is 0 Å². The van der Waals surface area contributed by atoms with Crippen molar-refractivity contribution in [3.05, 3.63) is 35.6 Å². The van der Waals surface area contributed by atoms with E-state index in [0.717, 1.165) is 11.8 Å². The summed E-state index contributed by atoms with van der Waals surface area (Å²) in [4.78, 5) is 0. The highest BCUT2D eigenvalue weighted by Gasteiger charge is 2.42. The van der Waals surface area contributed by atoms with E-state index < -0.39 is 0 Å². The van der Waals surface area contributed by atoms with Crippen LogP contribution in [0.25, 0.3) is 0 Å². The highest BCUT2D eigenvalue weighted by Crippen LogP contribution is 2.52. The Bertz CT molecular complexity index is 390. The maximum absolute atomic E-state index is 13.7. The van der Waals surface area contributed by atoms with Crippen LogP contribution in [0.4, 0.5) is 4.39 Å². The minimum absolute atomic E-state index is 0.100. The quantitative estimate of drug-likeness (QED) is 0.811. The summed E-state index contributed by atoms with van der Waals surface area (Å²) in [6.45, 7) is 0. The second kappa shape index (κ2) is 3.85. The average molecular weight is 219 g/mol. The highest BCUT2D eigenvalue weighted by atomic mass is 19.1. The maximum atomic E-state index is 13.7. The molecule has 4 atom stereocenters. The molecular formula is C14H18FN. The van der Waals surface area contributed by atoms with Gasteiger partial charge in [0.2, 0.25) is 0 Å². The summed E-state index contributed by atoms with van der Waals surface area (Å²) >= 11 is 0. The van der Waals surface area contributed by atoms with Gasteiger partial charge in [-0.1, -0.05) is 24.6 Å². The van der Waals surface area contributed by atoms with Crippen LogP contribution in [0.1, 0.15) is 37.3 Å². The van der Waals surface area contributed by atoms with E-state index in [-0.39, 0.29) is 11.9 Å². The van der Waals surface area contributed by atoms with Gasteiger partial charge >= 0.3 is 0 Å². The van der Waals surface area contributed by atoms with E-state index in [0.29, 0.717) is 11.5 Å². The van der Waals surface area contributed by atoms with E-state index in [2.05, 4.69) is 0 Å². The number of benzene rings is 1. The Hall–Kier alpha value is -0.890. The molecule has 1 aromatic carbocycles. The lowest BCUT2D eigenvalue weighted by Gasteiger charge is -2.28. The fourth-order valence-corrected chi connectivity index (χ4v) is 3.71. The molecule has 2 bridgehead atoms. The molecule has 0 radical (unpaired) electrons. The Morgan fingerprint density at radius 3 is 2.62 bits per heavy atom. The number of nitrogens with two attached hydrogens (primary N) is 1. The summed E-state index contributed by atoms with van der Waals surface area (Å²) in [7, 11) is 0. The van der Waals surface area contributed by atoms with Crippen LogP contribution in [0, 0.1) is 23.6 Å². The lowest BCUT2D eigenvalue weighted by molar-refractivity contribution is 0.280. The molecule has 2 saturated carbocycles. The predicted octanol–water partition coefficient (Wildman–Crippen LogP) is 3.26. The highest BCUT2D eigenvalue weighted by molar-refractivity contribution is 5.22. The van der Waals surface area contributed by atoms with Gasteiger partial charge in [0, 0.05) is 11.6 Å². The number of halogens is 1. The van der Waals surface area contributed by atoms with Crippen molar-refractivity contribution in [3.63, 3.8) is 0 Å². The van der Waals surface area contributed by atoms with Gasteiger partial charge < -0.3 is 5.73 Å². The molecule has 86 valence electrons. The average Bonchev–Trinajstić information content (AvgIpc) is 2.90. The number of fused-ring (bicyclic) bond motifs is 2. The van der Waals surface area contributed by atoms with Crippen LogP contribution in [-0.4, -0.2) is 0 Å². The first kappa shape index (κ1) is 10.3. The first-order valence-electron chi connectivity index (χ1n) is 6.25. The van der Waals surface area contributed by atoms with Gasteiger partial charge in [-0.3, -0.25) is 0 Å². The zero-order chi connectivity index (χ0) is 11.1. The summed E-state index contributed by atoms with van der Waals surface area (Å²) in [5, 5.41) is 0. The fraction of sp³-hybridized carbons (Fsp3) is 0.571. The van der Waals surface area contributed by atoms with Crippen molar-refractivity contribution in [2.24, 2.45) is 23.5 Å². The molecule has 0 aromatic heterocycles. The monoisotopic (exact) mass is 219 g/mol. The fourth-order valence-electron chi connectivity index (χ4n) is 3.71. The zero-order valence-electron chi connectivity index (χ0n) is 9.40. The van der Waals surface area contributed by atoms with Gasteiger partial charge in [0.05, 0.1) is 0 Å². The van der Waals surface area contributed by atoms with Crippen molar-refractivity contribution in [1.29, 1.82) is 0 Å². The zero-order valence-corrected chi connectivity index (χ0v) is 9.40. The third-order valence-electron chi connectivity index (χ3n) is 4.52. The normalized spacial score (nSPS) is 34.2. The summed E-state index contributed by atoms with van der Waals surface area (Å²) in [5.74, 6) is 1.99. The minimum Gasteiger partial charge on any atom is -0.324 e. The largest absolute Gasteiger partial charge is 0.324 e. The molecule has 1 nitrogen and oxygen atoms in total. The van der Waals surface area contributed by atoms with Crippen molar-refractivity contribution in [2.75, 3.05) is 0 Å². The number of hydrogen-bond acceptors (Lipinski definition) is 1. The van der Waals surface area contributed by atoms with Crippen molar-refractivity contribution >= 4 is 0 Å². The Kier molecular flexibility index (Phi) is 2.47. The predicted molar refractivity (Wildman–Crippen MR) is 62.3 cm³/mol. The molecule has 0 heterocycles. The Morgan fingerprint density at radius 2 is 2.00 bits per heavy atom. The maximum Gasteiger partial charge on any atom is 0.127 e. The SMILES string of the molecule is NC(c1ccccc1F)C1CC2CCC1C2. The Balaban J connectivity index is 1.83. The second-order valence-electron chi connectivity index (χ2n) is 5.39. The smallest absolute Gasteiger partial charge is 0.127 e. The van der Waals surface area contributed by atoms with E-state index in [4.69, 9.17) is 5.73 Å². The Morgan fingerprint density at radius 1 is 1.19 bits per heavy atom. The van der Waals surface area contributed by atoms with Gasteiger partial charge in [0.15, 0.2) is 0 Å². The van der Waals surface area contributed by atoms with Gasteiger partial charge in [-0.05, 0) is 43.1 Å². The molecular weight excluding hydrogens is 201 g/mol. The molecule has 0 saturated heterocycles. The first-order chi connectivity index (χ1) is 7.75. The van der Waals surface area contributed by atoms with Crippen LogP contribution in [0.15, 0.2) is 24.3 Å². The molecule has 3 rings (SSSR count). The van der Waals surface area contributed by atoms with Crippen LogP contribution in [-0.2, 0) is 0 Å². The van der Waals surface area contributed by atoms with Crippen molar-refractivity contribution < 1.29 is 4.39 Å². The molecule has 0 aliphatic heterocycles. The summed E-state index contributed by atoms with van der Waals surface area (Å²) in [6, 6.07) is 6.86. The van der Waals surface area contributed by atoms with Gasteiger partial charge in [0.25, 0.3) is 0 Å². The Labute approximate surface area is 95.8 Å². The van der Waals surface area contributed by atoms with Crippen LogP contribution in [0.5, 0.6) is 0 Å². The molecule has 0 spiro atoms. The van der Waals surface area contributed by atoms with Crippen LogP contribution in [0.3, 0.4) is 0 Å². The summed E-state index contributed by atoms with van der Waals surface area (Å²) in [5.41, 5.74) is 6.96. The van der Waals surface area contributed by atoms with Gasteiger partial charge in [-0.25, -0.2) is 4.39 Å². The second-order valence-corrected chi connectivity index (χ2v) is 5.39. The van der Waals surface area contributed by atoms with Crippen LogP contribution < -0.4 is 5.73 Å². The number of rotatable bonds is 2. The molecule has 0 amide bonds. The van der Waals surface area contributed by atoms with E-state index in [1.807, 2.05) is 12.1 Å². The van der Waals surface area contributed by atoms with E-state index in [1.54, 1.807) is 6.07 Å². The third kappa shape index (κ3) is 1.56. The van der Waals surface area contributed by atoms with Gasteiger partial charge in [-0.15, -0.1) is 0 Å². The molecule has 1 aromatic rings. The van der Waals surface area contributed by atoms with Crippen LogP contribution in [0.2, 0.25) is 0 Å². The van der Waals surface area contributed by atoms with Crippen molar-refractivity contribution in [2.45, 2.75) is 31.7 Å². The standard InChI is InChI=1S/C14H18FN/c15-13-4-2-1-3-11(13)14(16)12-8-9-5-6-10(12)7-9/h1-4,9-10,12,14H,5-8,16H2. The minimum atomic E-state index is -0.141. The van der Waals surface area contributed by atoms with E-state index in [1.165, 1.54) is 31.7 Å². The molecule has 2 aliphatic carbocycles. The summed E-state index contributed by atoms with van der Waals surface area (Å²) < 4.78 is 13.7. The third-order valence-corrected chi connectivity index (χ3v) is 4.52. The first-order valence-corrected chi connectivity index (χ1v) is 6.25. The summed E-state index contributed by atoms with van der Waals surface area (Å²) in [6.07, 6.45) is 5.20. The molecule has 2 fully saturated rings. The van der Waals surface area contributed by atoms with E-state index >= 15 is 0 Å².